The number of aryl methyl sites for hydroxylation is 2. The van der Waals surface area contributed by atoms with Gasteiger partial charge in [-0.15, -0.1) is 0 Å². The van der Waals surface area contributed by atoms with Gasteiger partial charge in [-0.3, -0.25) is 9.36 Å². The van der Waals surface area contributed by atoms with Crippen molar-refractivity contribution in [2.45, 2.75) is 38.4 Å². The molecule has 1 saturated carbocycles. The van der Waals surface area contributed by atoms with Crippen LogP contribution in [0.15, 0.2) is 24.7 Å². The number of alkyl halides is 3. The van der Waals surface area contributed by atoms with Crippen LogP contribution in [0.4, 0.5) is 24.8 Å². The summed E-state index contributed by atoms with van der Waals surface area (Å²) < 4.78 is 42.9. The average molecular weight is 377 g/mol. The smallest absolute Gasteiger partial charge is 0.321 e. The number of halogens is 3. The molecule has 0 amide bonds. The van der Waals surface area contributed by atoms with Gasteiger partial charge in [-0.25, -0.2) is 9.97 Å². The molecule has 1 fully saturated rings. The van der Waals surface area contributed by atoms with E-state index < -0.39 is 11.7 Å². The van der Waals surface area contributed by atoms with Gasteiger partial charge in [-0.2, -0.15) is 23.4 Å². The maximum atomic E-state index is 13.1. The van der Waals surface area contributed by atoms with Crippen molar-refractivity contribution >= 4 is 11.6 Å². The van der Waals surface area contributed by atoms with Gasteiger partial charge in [0.15, 0.2) is 0 Å². The predicted molar refractivity (Wildman–Crippen MR) is 91.6 cm³/mol. The largest absolute Gasteiger partial charge is 0.419 e. The van der Waals surface area contributed by atoms with E-state index in [1.807, 2.05) is 26.2 Å². The lowest BCUT2D eigenvalue weighted by Crippen LogP contribution is -2.12. The Morgan fingerprint density at radius 1 is 1.26 bits per heavy atom. The molecule has 0 bridgehead atoms. The molecule has 0 aliphatic heterocycles. The zero-order chi connectivity index (χ0) is 19.2. The second-order valence-corrected chi connectivity index (χ2v) is 6.70. The summed E-state index contributed by atoms with van der Waals surface area (Å²) >= 11 is 0. The van der Waals surface area contributed by atoms with Crippen LogP contribution in [0.3, 0.4) is 0 Å². The van der Waals surface area contributed by atoms with Crippen LogP contribution in [0.25, 0.3) is 0 Å². The summed E-state index contributed by atoms with van der Waals surface area (Å²) in [6.45, 7) is 2.30. The molecule has 1 aliphatic rings. The SMILES string of the molecule is Cc1nn(Cc2ccn(C)n2)cc1Nc1ncc(C(F)(F)F)c(C2CC2)n1. The molecule has 3 aromatic heterocycles. The van der Waals surface area contributed by atoms with Crippen molar-refractivity contribution in [2.75, 3.05) is 5.32 Å². The molecule has 142 valence electrons. The lowest BCUT2D eigenvalue weighted by Gasteiger charge is -2.12. The number of nitrogens with zero attached hydrogens (tertiary/aromatic N) is 6. The number of anilines is 2. The van der Waals surface area contributed by atoms with Crippen molar-refractivity contribution in [1.29, 1.82) is 0 Å². The second-order valence-electron chi connectivity index (χ2n) is 6.70. The highest BCUT2D eigenvalue weighted by molar-refractivity contribution is 5.55. The van der Waals surface area contributed by atoms with E-state index in [2.05, 4.69) is 25.5 Å². The van der Waals surface area contributed by atoms with Gasteiger partial charge < -0.3 is 5.32 Å². The molecule has 10 heteroatoms. The fourth-order valence-corrected chi connectivity index (χ4v) is 2.90. The molecule has 0 unspecified atom stereocenters. The van der Waals surface area contributed by atoms with Gasteiger partial charge in [-0.1, -0.05) is 0 Å². The van der Waals surface area contributed by atoms with Crippen molar-refractivity contribution in [3.63, 3.8) is 0 Å². The van der Waals surface area contributed by atoms with Crippen molar-refractivity contribution < 1.29 is 13.2 Å². The van der Waals surface area contributed by atoms with E-state index in [1.165, 1.54) is 0 Å². The lowest BCUT2D eigenvalue weighted by molar-refractivity contribution is -0.138. The lowest BCUT2D eigenvalue weighted by atomic mass is 10.1. The monoisotopic (exact) mass is 377 g/mol. The van der Waals surface area contributed by atoms with E-state index in [-0.39, 0.29) is 17.6 Å². The van der Waals surface area contributed by atoms with Crippen LogP contribution < -0.4 is 5.32 Å². The van der Waals surface area contributed by atoms with Gasteiger partial charge in [0.25, 0.3) is 0 Å². The Balaban J connectivity index is 1.56. The minimum Gasteiger partial charge on any atom is -0.321 e. The molecule has 3 heterocycles. The molecule has 1 aliphatic carbocycles. The van der Waals surface area contributed by atoms with Crippen molar-refractivity contribution in [1.82, 2.24) is 29.5 Å². The molecule has 3 aromatic rings. The van der Waals surface area contributed by atoms with E-state index in [4.69, 9.17) is 0 Å². The average Bonchev–Trinajstić information content (AvgIpc) is 3.28. The highest BCUT2D eigenvalue weighted by Crippen LogP contribution is 2.45. The molecule has 0 radical (unpaired) electrons. The number of aromatic nitrogens is 6. The van der Waals surface area contributed by atoms with Crippen LogP contribution in [-0.2, 0) is 19.8 Å². The first kappa shape index (κ1) is 17.5. The highest BCUT2D eigenvalue weighted by atomic mass is 19.4. The molecule has 1 N–H and O–H groups in total. The van der Waals surface area contributed by atoms with Gasteiger partial charge in [0.2, 0.25) is 5.95 Å². The van der Waals surface area contributed by atoms with E-state index in [0.717, 1.165) is 24.7 Å². The number of nitrogens with one attached hydrogen (secondary N) is 1. The van der Waals surface area contributed by atoms with Crippen molar-refractivity contribution in [3.8, 4) is 0 Å². The molecule has 7 nitrogen and oxygen atoms in total. The summed E-state index contributed by atoms with van der Waals surface area (Å²) in [5.74, 6) is 0.00327. The third-order valence-electron chi connectivity index (χ3n) is 4.37. The third-order valence-corrected chi connectivity index (χ3v) is 4.37. The minimum absolute atomic E-state index is 0.0681. The number of rotatable bonds is 5. The number of hydrogen-bond acceptors (Lipinski definition) is 5. The quantitative estimate of drug-likeness (QED) is 0.738. The Kier molecular flexibility index (Phi) is 4.12. The first-order valence-corrected chi connectivity index (χ1v) is 8.53. The topological polar surface area (TPSA) is 73.5 Å². The van der Waals surface area contributed by atoms with E-state index >= 15 is 0 Å². The van der Waals surface area contributed by atoms with Crippen molar-refractivity contribution in [2.24, 2.45) is 7.05 Å². The zero-order valence-corrected chi connectivity index (χ0v) is 14.8. The summed E-state index contributed by atoms with van der Waals surface area (Å²) in [5.41, 5.74) is 1.51. The first-order chi connectivity index (χ1) is 12.8. The zero-order valence-electron chi connectivity index (χ0n) is 14.8. The summed E-state index contributed by atoms with van der Waals surface area (Å²) in [4.78, 5) is 7.99. The summed E-state index contributed by atoms with van der Waals surface area (Å²) in [7, 11) is 1.84. The third kappa shape index (κ3) is 3.79. The van der Waals surface area contributed by atoms with Crippen LogP contribution in [0, 0.1) is 6.92 Å². The maximum Gasteiger partial charge on any atom is 0.419 e. The van der Waals surface area contributed by atoms with Gasteiger partial charge in [0.05, 0.1) is 34.9 Å². The second kappa shape index (κ2) is 6.36. The first-order valence-electron chi connectivity index (χ1n) is 8.53. The van der Waals surface area contributed by atoms with Crippen LogP contribution in [0.2, 0.25) is 0 Å². The fourth-order valence-electron chi connectivity index (χ4n) is 2.90. The molecule has 0 aromatic carbocycles. The Bertz CT molecular complexity index is 969. The van der Waals surface area contributed by atoms with Crippen LogP contribution in [-0.4, -0.2) is 29.5 Å². The molecular weight excluding hydrogens is 359 g/mol. The van der Waals surface area contributed by atoms with E-state index in [1.54, 1.807) is 15.6 Å². The normalized spacial score (nSPS) is 14.6. The molecule has 0 atom stereocenters. The summed E-state index contributed by atoms with van der Waals surface area (Å²) in [6, 6.07) is 1.89. The Hall–Kier alpha value is -2.91. The van der Waals surface area contributed by atoms with Gasteiger partial charge in [0, 0.05) is 31.6 Å². The van der Waals surface area contributed by atoms with Gasteiger partial charge >= 0.3 is 6.18 Å². The summed E-state index contributed by atoms with van der Waals surface area (Å²) in [6.07, 6.45) is 1.47. The Morgan fingerprint density at radius 2 is 2.04 bits per heavy atom. The molecule has 4 rings (SSSR count). The maximum absolute atomic E-state index is 13.1. The number of hydrogen-bond donors (Lipinski definition) is 1. The van der Waals surface area contributed by atoms with Gasteiger partial charge in [-0.05, 0) is 25.8 Å². The van der Waals surface area contributed by atoms with E-state index in [0.29, 0.717) is 17.9 Å². The molecular formula is C17H18F3N7. The Morgan fingerprint density at radius 3 is 2.67 bits per heavy atom. The van der Waals surface area contributed by atoms with Crippen molar-refractivity contribution in [3.05, 3.63) is 47.3 Å². The van der Waals surface area contributed by atoms with E-state index in [9.17, 15) is 13.2 Å². The highest BCUT2D eigenvalue weighted by Gasteiger charge is 2.40. The summed E-state index contributed by atoms with van der Waals surface area (Å²) in [5, 5.41) is 11.7. The van der Waals surface area contributed by atoms with Crippen LogP contribution in [0.5, 0.6) is 0 Å². The molecule has 27 heavy (non-hydrogen) atoms. The Labute approximate surface area is 153 Å². The van der Waals surface area contributed by atoms with Gasteiger partial charge in [0.1, 0.15) is 0 Å². The fraction of sp³-hybridized carbons (Fsp3) is 0.412. The predicted octanol–water partition coefficient (Wildman–Crippen LogP) is 3.40. The molecule has 0 saturated heterocycles. The van der Waals surface area contributed by atoms with Crippen LogP contribution in [0.1, 0.15) is 41.4 Å². The minimum atomic E-state index is -4.44. The molecule has 0 spiro atoms. The standard InChI is InChI=1S/C17H18F3N7/c1-10-14(9-27(24-10)8-12-5-6-26(2)25-12)22-16-21-7-13(17(18,19)20)15(23-16)11-3-4-11/h5-7,9,11H,3-4,8H2,1-2H3,(H,21,22,23). The van der Waals surface area contributed by atoms with Crippen LogP contribution >= 0.6 is 0 Å².